The van der Waals surface area contributed by atoms with Crippen LogP contribution in [0, 0.1) is 0 Å². The maximum Gasteiger partial charge on any atom is 0.0838 e. The summed E-state index contributed by atoms with van der Waals surface area (Å²) in [5.74, 6) is 0. The summed E-state index contributed by atoms with van der Waals surface area (Å²) in [6, 6.07) is 8.19. The van der Waals surface area contributed by atoms with E-state index in [2.05, 4.69) is 34.1 Å². The number of benzene rings is 1. The summed E-state index contributed by atoms with van der Waals surface area (Å²) in [4.78, 5) is 1.19. The SMILES string of the molecule is OC(Cc1cc(Br)cs1)c1ccc2c(c1)COC2. The van der Waals surface area contributed by atoms with Gasteiger partial charge in [-0.25, -0.2) is 0 Å². The summed E-state index contributed by atoms with van der Waals surface area (Å²) in [6.07, 6.45) is 0.220. The van der Waals surface area contributed by atoms with Gasteiger partial charge < -0.3 is 9.84 Å². The Morgan fingerprint density at radius 2 is 2.11 bits per heavy atom. The maximum atomic E-state index is 10.3. The highest BCUT2D eigenvalue weighted by molar-refractivity contribution is 9.10. The van der Waals surface area contributed by atoms with Crippen LogP contribution in [0.15, 0.2) is 34.1 Å². The van der Waals surface area contributed by atoms with Crippen molar-refractivity contribution in [1.29, 1.82) is 0 Å². The molecule has 1 aliphatic heterocycles. The lowest BCUT2D eigenvalue weighted by molar-refractivity contribution is 0.134. The van der Waals surface area contributed by atoms with E-state index in [-0.39, 0.29) is 0 Å². The third-order valence-electron chi connectivity index (χ3n) is 3.15. The lowest BCUT2D eigenvalue weighted by atomic mass is 10.0. The van der Waals surface area contributed by atoms with Crippen molar-refractivity contribution in [3.05, 3.63) is 55.7 Å². The van der Waals surface area contributed by atoms with Gasteiger partial charge in [0, 0.05) is 21.2 Å². The first kappa shape index (κ1) is 12.4. The van der Waals surface area contributed by atoms with Gasteiger partial charge in [-0.1, -0.05) is 18.2 Å². The fraction of sp³-hybridized carbons (Fsp3) is 0.286. The third-order valence-corrected chi connectivity index (χ3v) is 4.87. The van der Waals surface area contributed by atoms with E-state index in [0.29, 0.717) is 19.6 Å². The van der Waals surface area contributed by atoms with Crippen molar-refractivity contribution in [3.8, 4) is 0 Å². The number of halogens is 1. The molecule has 18 heavy (non-hydrogen) atoms. The van der Waals surface area contributed by atoms with Crippen LogP contribution >= 0.6 is 27.3 Å². The van der Waals surface area contributed by atoms with E-state index in [0.717, 1.165) is 10.0 Å². The molecule has 2 heterocycles. The lowest BCUT2D eigenvalue weighted by Crippen LogP contribution is -2.01. The fourth-order valence-corrected chi connectivity index (χ4v) is 3.66. The van der Waals surface area contributed by atoms with E-state index >= 15 is 0 Å². The minimum Gasteiger partial charge on any atom is -0.388 e. The van der Waals surface area contributed by atoms with Crippen molar-refractivity contribution < 1.29 is 9.84 Å². The number of hydrogen-bond donors (Lipinski definition) is 1. The van der Waals surface area contributed by atoms with Crippen molar-refractivity contribution in [2.45, 2.75) is 25.7 Å². The molecule has 0 radical (unpaired) electrons. The molecule has 0 bridgehead atoms. The molecule has 0 aliphatic carbocycles. The van der Waals surface area contributed by atoms with Crippen LogP contribution in [0.25, 0.3) is 0 Å². The Bertz CT molecular complexity index is 565. The molecule has 1 aromatic carbocycles. The Kier molecular flexibility index (Phi) is 3.52. The molecule has 1 atom stereocenters. The molecular weight excluding hydrogens is 312 g/mol. The van der Waals surface area contributed by atoms with Gasteiger partial charge in [0.05, 0.1) is 19.3 Å². The molecule has 2 aromatic rings. The lowest BCUT2D eigenvalue weighted by Gasteiger charge is -2.11. The van der Waals surface area contributed by atoms with E-state index in [9.17, 15) is 5.11 Å². The Labute approximate surface area is 118 Å². The normalized spacial score (nSPS) is 15.7. The average molecular weight is 325 g/mol. The molecule has 0 saturated heterocycles. The molecule has 0 spiro atoms. The van der Waals surface area contributed by atoms with Gasteiger partial charge in [0.1, 0.15) is 0 Å². The topological polar surface area (TPSA) is 29.5 Å². The van der Waals surface area contributed by atoms with E-state index < -0.39 is 6.10 Å². The van der Waals surface area contributed by atoms with E-state index in [1.807, 2.05) is 11.4 Å². The van der Waals surface area contributed by atoms with Gasteiger partial charge >= 0.3 is 0 Å². The highest BCUT2D eigenvalue weighted by atomic mass is 79.9. The number of aliphatic hydroxyl groups is 1. The smallest absolute Gasteiger partial charge is 0.0838 e. The van der Waals surface area contributed by atoms with Crippen molar-refractivity contribution >= 4 is 27.3 Å². The molecule has 0 fully saturated rings. The van der Waals surface area contributed by atoms with Crippen LogP contribution < -0.4 is 0 Å². The maximum absolute atomic E-state index is 10.3. The highest BCUT2D eigenvalue weighted by Gasteiger charge is 2.15. The summed E-state index contributed by atoms with van der Waals surface area (Å²) in [7, 11) is 0. The number of rotatable bonds is 3. The number of aliphatic hydroxyl groups excluding tert-OH is 1. The van der Waals surface area contributed by atoms with Gasteiger partial charge in [-0.15, -0.1) is 11.3 Å². The van der Waals surface area contributed by atoms with Gasteiger partial charge in [0.15, 0.2) is 0 Å². The Morgan fingerprint density at radius 3 is 2.89 bits per heavy atom. The number of hydrogen-bond acceptors (Lipinski definition) is 3. The van der Waals surface area contributed by atoms with Crippen molar-refractivity contribution in [3.63, 3.8) is 0 Å². The highest BCUT2D eigenvalue weighted by Crippen LogP contribution is 2.28. The first-order valence-corrected chi connectivity index (χ1v) is 7.50. The first-order chi connectivity index (χ1) is 8.72. The third kappa shape index (κ3) is 2.52. The Hall–Kier alpha value is -0.680. The minimum atomic E-state index is -0.443. The summed E-state index contributed by atoms with van der Waals surface area (Å²) >= 11 is 5.10. The van der Waals surface area contributed by atoms with Crippen molar-refractivity contribution in [2.24, 2.45) is 0 Å². The van der Waals surface area contributed by atoms with Gasteiger partial charge in [-0.05, 0) is 38.7 Å². The van der Waals surface area contributed by atoms with Crippen molar-refractivity contribution in [2.75, 3.05) is 0 Å². The molecule has 94 valence electrons. The van der Waals surface area contributed by atoms with Crippen LogP contribution in [-0.2, 0) is 24.4 Å². The quantitative estimate of drug-likeness (QED) is 0.930. The number of ether oxygens (including phenoxy) is 1. The summed E-state index contributed by atoms with van der Waals surface area (Å²) in [5.41, 5.74) is 3.42. The zero-order valence-electron chi connectivity index (χ0n) is 9.73. The predicted octanol–water partition coefficient (Wildman–Crippen LogP) is 3.82. The summed E-state index contributed by atoms with van der Waals surface area (Å²) in [5, 5.41) is 12.3. The van der Waals surface area contributed by atoms with Gasteiger partial charge in [-0.3, -0.25) is 0 Å². The molecule has 2 nitrogen and oxygen atoms in total. The fourth-order valence-electron chi connectivity index (χ4n) is 2.17. The van der Waals surface area contributed by atoms with Crippen LogP contribution in [0.1, 0.15) is 27.7 Å². The Morgan fingerprint density at radius 1 is 1.28 bits per heavy atom. The summed E-state index contributed by atoms with van der Waals surface area (Å²) < 4.78 is 6.47. The second kappa shape index (κ2) is 5.13. The zero-order valence-corrected chi connectivity index (χ0v) is 12.1. The second-order valence-corrected chi connectivity index (χ2v) is 6.38. The van der Waals surface area contributed by atoms with Crippen LogP contribution in [0.5, 0.6) is 0 Å². The molecule has 1 aromatic heterocycles. The van der Waals surface area contributed by atoms with Crippen LogP contribution in [0.4, 0.5) is 0 Å². The molecular formula is C14H13BrO2S. The molecule has 1 N–H and O–H groups in total. The molecule has 1 unspecified atom stereocenters. The van der Waals surface area contributed by atoms with Crippen LogP contribution in [-0.4, -0.2) is 5.11 Å². The van der Waals surface area contributed by atoms with Crippen LogP contribution in [0.3, 0.4) is 0 Å². The van der Waals surface area contributed by atoms with E-state index in [4.69, 9.17) is 4.74 Å². The molecule has 0 amide bonds. The molecule has 3 rings (SSSR count). The van der Waals surface area contributed by atoms with Gasteiger partial charge in [0.25, 0.3) is 0 Å². The van der Waals surface area contributed by atoms with Crippen LogP contribution in [0.2, 0.25) is 0 Å². The Balaban J connectivity index is 1.78. The van der Waals surface area contributed by atoms with Gasteiger partial charge in [0.2, 0.25) is 0 Å². The predicted molar refractivity (Wildman–Crippen MR) is 75.6 cm³/mol. The molecule has 0 saturated carbocycles. The van der Waals surface area contributed by atoms with Crippen molar-refractivity contribution in [1.82, 2.24) is 0 Å². The molecule has 4 heteroatoms. The number of thiophene rings is 1. The van der Waals surface area contributed by atoms with E-state index in [1.165, 1.54) is 16.0 Å². The molecule has 1 aliphatic rings. The second-order valence-electron chi connectivity index (χ2n) is 4.47. The minimum absolute atomic E-state index is 0.443. The summed E-state index contributed by atoms with van der Waals surface area (Å²) in [6.45, 7) is 1.37. The number of fused-ring (bicyclic) bond motifs is 1. The van der Waals surface area contributed by atoms with Gasteiger partial charge in [-0.2, -0.15) is 0 Å². The largest absolute Gasteiger partial charge is 0.388 e. The monoisotopic (exact) mass is 324 g/mol. The standard InChI is InChI=1S/C14H13BrO2S/c15-12-4-13(18-8-12)5-14(16)9-1-2-10-6-17-7-11(10)3-9/h1-4,8,14,16H,5-7H2. The van der Waals surface area contributed by atoms with E-state index in [1.54, 1.807) is 11.3 Å². The average Bonchev–Trinajstić information content (AvgIpc) is 2.96. The zero-order chi connectivity index (χ0) is 12.5. The first-order valence-electron chi connectivity index (χ1n) is 5.83.